The van der Waals surface area contributed by atoms with Crippen LogP contribution < -0.4 is 0 Å². The summed E-state index contributed by atoms with van der Waals surface area (Å²) in [7, 11) is 0. The smallest absolute Gasteiger partial charge is 0.341 e. The number of phenols is 2. The molecular formula is C36H54O6. The highest BCUT2D eigenvalue weighted by Gasteiger charge is 2.31. The van der Waals surface area contributed by atoms with Crippen molar-refractivity contribution in [1.82, 2.24) is 0 Å². The fraction of sp³-hybridized carbons (Fsp3) is 0.611. The second-order valence-corrected chi connectivity index (χ2v) is 15.6. The summed E-state index contributed by atoms with van der Waals surface area (Å²) in [5.74, 6) is -0.878. The molecule has 2 aromatic rings. The quantitative estimate of drug-likeness (QED) is 0.183. The third kappa shape index (κ3) is 8.75. The minimum Gasteiger partial charge on any atom is -0.507 e. The fourth-order valence-corrected chi connectivity index (χ4v) is 4.87. The minimum atomic E-state index is -1.09. The summed E-state index contributed by atoms with van der Waals surface area (Å²) in [5.41, 5.74) is 1.53. The summed E-state index contributed by atoms with van der Waals surface area (Å²) < 4.78 is 11.7. The van der Waals surface area contributed by atoms with Crippen LogP contribution in [-0.4, -0.2) is 28.4 Å². The largest absolute Gasteiger partial charge is 0.507 e. The number of carbonyl (C=O) groups is 2. The van der Waals surface area contributed by atoms with Gasteiger partial charge in [0, 0.05) is 28.7 Å². The second-order valence-electron chi connectivity index (χ2n) is 15.6. The molecule has 0 fully saturated rings. The Morgan fingerprint density at radius 2 is 0.881 bits per heavy atom. The minimum absolute atomic E-state index is 0.175. The summed E-state index contributed by atoms with van der Waals surface area (Å²) in [6, 6.07) is 6.68. The number of phenolic OH excluding ortho intramolecular Hbond substituents is 2. The van der Waals surface area contributed by atoms with E-state index in [0.717, 1.165) is 12.8 Å². The number of hydrogen-bond acceptors (Lipinski definition) is 6. The molecular weight excluding hydrogens is 528 g/mol. The number of rotatable bonds is 8. The zero-order valence-corrected chi connectivity index (χ0v) is 28.2. The molecule has 42 heavy (non-hydrogen) atoms. The number of ether oxygens (including phenoxy) is 2. The van der Waals surface area contributed by atoms with Gasteiger partial charge >= 0.3 is 11.9 Å². The van der Waals surface area contributed by atoms with Crippen LogP contribution in [0.5, 0.6) is 11.5 Å². The third-order valence-electron chi connectivity index (χ3n) is 7.44. The van der Waals surface area contributed by atoms with E-state index >= 15 is 0 Å². The molecule has 6 heteroatoms. The molecule has 0 saturated heterocycles. The molecule has 234 valence electrons. The number of aromatic hydroxyl groups is 2. The van der Waals surface area contributed by atoms with E-state index in [0.29, 0.717) is 46.2 Å². The van der Waals surface area contributed by atoms with Crippen LogP contribution in [0, 0.1) is 0 Å². The van der Waals surface area contributed by atoms with Crippen molar-refractivity contribution in [3.8, 4) is 11.5 Å². The van der Waals surface area contributed by atoms with Crippen molar-refractivity contribution in [3.05, 3.63) is 57.6 Å². The molecule has 0 aromatic heterocycles. The molecule has 0 aliphatic carbocycles. The van der Waals surface area contributed by atoms with Gasteiger partial charge in [0.15, 0.2) is 0 Å². The molecule has 0 amide bonds. The van der Waals surface area contributed by atoms with Gasteiger partial charge in [-0.05, 0) is 52.3 Å². The summed E-state index contributed by atoms with van der Waals surface area (Å²) >= 11 is 0. The van der Waals surface area contributed by atoms with E-state index in [1.54, 1.807) is 24.3 Å². The molecule has 0 heterocycles. The lowest BCUT2D eigenvalue weighted by Gasteiger charge is -2.28. The van der Waals surface area contributed by atoms with Crippen LogP contribution in [0.15, 0.2) is 24.3 Å². The van der Waals surface area contributed by atoms with E-state index in [-0.39, 0.29) is 11.5 Å². The molecule has 0 radical (unpaired) electrons. The Kier molecular flexibility index (Phi) is 10.6. The maximum Gasteiger partial charge on any atom is 0.341 e. The van der Waals surface area contributed by atoms with Crippen LogP contribution in [0.2, 0.25) is 0 Å². The van der Waals surface area contributed by atoms with Crippen LogP contribution in [-0.2, 0) is 31.1 Å². The average molecular weight is 583 g/mol. The molecule has 0 aliphatic rings. The van der Waals surface area contributed by atoms with Gasteiger partial charge in [-0.3, -0.25) is 0 Å². The van der Waals surface area contributed by atoms with E-state index in [2.05, 4.69) is 6.92 Å². The zero-order chi connectivity index (χ0) is 32.4. The molecule has 6 nitrogen and oxygen atoms in total. The van der Waals surface area contributed by atoms with Crippen LogP contribution in [0.25, 0.3) is 0 Å². The van der Waals surface area contributed by atoms with Crippen molar-refractivity contribution >= 4 is 11.9 Å². The van der Waals surface area contributed by atoms with Crippen molar-refractivity contribution < 1.29 is 29.3 Å². The van der Waals surface area contributed by atoms with Gasteiger partial charge in [0.05, 0.1) is 11.1 Å². The average Bonchev–Trinajstić information content (AvgIpc) is 2.81. The molecule has 0 unspecified atom stereocenters. The van der Waals surface area contributed by atoms with Crippen molar-refractivity contribution in [2.45, 2.75) is 144 Å². The van der Waals surface area contributed by atoms with Gasteiger partial charge in [-0.25, -0.2) is 9.59 Å². The first-order valence-electron chi connectivity index (χ1n) is 15.2. The molecule has 2 aromatic carbocycles. The van der Waals surface area contributed by atoms with Gasteiger partial charge < -0.3 is 19.7 Å². The molecule has 0 atom stereocenters. The van der Waals surface area contributed by atoms with Crippen LogP contribution in [0.4, 0.5) is 0 Å². The lowest BCUT2D eigenvalue weighted by atomic mass is 9.78. The zero-order valence-electron chi connectivity index (χ0n) is 28.2. The summed E-state index contributed by atoms with van der Waals surface area (Å²) in [6.45, 7) is 25.8. The summed E-state index contributed by atoms with van der Waals surface area (Å²) in [5, 5.41) is 22.2. The third-order valence-corrected chi connectivity index (χ3v) is 7.44. The predicted molar refractivity (Wildman–Crippen MR) is 170 cm³/mol. The topological polar surface area (TPSA) is 93.1 Å². The van der Waals surface area contributed by atoms with Crippen LogP contribution in [0.3, 0.4) is 0 Å². The van der Waals surface area contributed by atoms with Crippen molar-refractivity contribution in [1.29, 1.82) is 0 Å². The summed E-state index contributed by atoms with van der Waals surface area (Å²) in [4.78, 5) is 27.1. The second kappa shape index (κ2) is 12.7. The number of benzene rings is 2. The normalized spacial score (nSPS) is 12.9. The van der Waals surface area contributed by atoms with Gasteiger partial charge in [0.25, 0.3) is 0 Å². The van der Waals surface area contributed by atoms with E-state index in [9.17, 15) is 19.8 Å². The maximum absolute atomic E-state index is 13.6. The molecule has 2 rings (SSSR count). The van der Waals surface area contributed by atoms with E-state index < -0.39 is 39.9 Å². The molecule has 0 bridgehead atoms. The highest BCUT2D eigenvalue weighted by Crippen LogP contribution is 2.41. The maximum atomic E-state index is 13.6. The Bertz CT molecular complexity index is 1110. The SMILES string of the molecule is CCCCCC(OC(=O)c1cc(C(C)(C)C)c(O)c(C(C)(C)C)c1)OC(=O)c1cc(C(C)(C)C)c(O)c(C(C)(C)C)c1. The first-order chi connectivity index (χ1) is 19.0. The first kappa shape index (κ1) is 35.2. The van der Waals surface area contributed by atoms with Crippen LogP contribution in [0.1, 0.15) is 159 Å². The Balaban J connectivity index is 2.52. The Morgan fingerprint density at radius 1 is 0.595 bits per heavy atom. The molecule has 0 spiro atoms. The Hall–Kier alpha value is -3.02. The van der Waals surface area contributed by atoms with Crippen molar-refractivity contribution in [2.75, 3.05) is 0 Å². The number of unbranched alkanes of at least 4 members (excludes halogenated alkanes) is 2. The molecule has 0 aliphatic heterocycles. The van der Waals surface area contributed by atoms with Gasteiger partial charge in [-0.1, -0.05) is 103 Å². The van der Waals surface area contributed by atoms with Crippen molar-refractivity contribution in [2.24, 2.45) is 0 Å². The summed E-state index contributed by atoms with van der Waals surface area (Å²) in [6.07, 6.45) is 1.84. The van der Waals surface area contributed by atoms with Gasteiger partial charge in [0.1, 0.15) is 11.5 Å². The Labute approximate surface area is 253 Å². The number of hydrogen-bond donors (Lipinski definition) is 2. The van der Waals surface area contributed by atoms with Crippen LogP contribution >= 0.6 is 0 Å². The fourth-order valence-electron chi connectivity index (χ4n) is 4.87. The van der Waals surface area contributed by atoms with Crippen molar-refractivity contribution in [3.63, 3.8) is 0 Å². The Morgan fingerprint density at radius 3 is 1.12 bits per heavy atom. The van der Waals surface area contributed by atoms with Gasteiger partial charge in [-0.15, -0.1) is 0 Å². The number of esters is 2. The van der Waals surface area contributed by atoms with E-state index in [1.807, 2.05) is 83.1 Å². The lowest BCUT2D eigenvalue weighted by molar-refractivity contribution is -0.0837. The number of carbonyl (C=O) groups excluding carboxylic acids is 2. The molecule has 2 N–H and O–H groups in total. The molecule has 0 saturated carbocycles. The van der Waals surface area contributed by atoms with E-state index in [1.165, 1.54) is 0 Å². The van der Waals surface area contributed by atoms with E-state index in [4.69, 9.17) is 9.47 Å². The monoisotopic (exact) mass is 582 g/mol. The highest BCUT2D eigenvalue weighted by atomic mass is 16.7. The highest BCUT2D eigenvalue weighted by molar-refractivity contribution is 5.92. The first-order valence-corrected chi connectivity index (χ1v) is 15.2. The van der Waals surface area contributed by atoms with Gasteiger partial charge in [-0.2, -0.15) is 0 Å². The predicted octanol–water partition coefficient (Wildman–Crippen LogP) is 9.21. The van der Waals surface area contributed by atoms with Gasteiger partial charge in [0.2, 0.25) is 6.29 Å². The lowest BCUT2D eigenvalue weighted by Crippen LogP contribution is -2.26. The standard InChI is InChI=1S/C36H54O6/c1-14-15-16-17-28(41-31(39)22-18-24(33(2,3)4)29(37)25(19-22)34(5,6)7)42-32(40)23-20-26(35(8,9)10)30(38)27(21-23)36(11,12)13/h18-21,28,37-38H,14-17H2,1-13H3.